The normalized spacial score (nSPS) is 22.0. The minimum absolute atomic E-state index is 0.795. The third-order valence-electron chi connectivity index (χ3n) is 3.84. The van der Waals surface area contributed by atoms with Gasteiger partial charge in [0, 0.05) is 18.1 Å². The van der Waals surface area contributed by atoms with E-state index in [1.54, 1.807) is 0 Å². The van der Waals surface area contributed by atoms with Crippen molar-refractivity contribution in [3.05, 3.63) is 34.9 Å². The molecule has 0 N–H and O–H groups in total. The maximum atomic E-state index is 6.22. The minimum Gasteiger partial charge on any atom is -0.299 e. The van der Waals surface area contributed by atoms with E-state index in [1.165, 1.54) is 31.5 Å². The summed E-state index contributed by atoms with van der Waals surface area (Å²) in [6.07, 6.45) is 2.71. The van der Waals surface area contributed by atoms with Crippen molar-refractivity contribution in [3.8, 4) is 0 Å². The Morgan fingerprint density at radius 1 is 1.35 bits per heavy atom. The Labute approximate surface area is 110 Å². The average Bonchev–Trinajstić information content (AvgIpc) is 2.32. The zero-order valence-corrected chi connectivity index (χ0v) is 11.6. The first kappa shape index (κ1) is 12.9. The molecule has 2 rings (SSSR count). The summed E-state index contributed by atoms with van der Waals surface area (Å²) >= 11 is 6.22. The highest BCUT2D eigenvalue weighted by molar-refractivity contribution is 6.31. The molecule has 1 atom stereocenters. The number of benzene rings is 1. The number of rotatable bonds is 3. The fourth-order valence-electron chi connectivity index (χ4n) is 2.65. The first-order valence-corrected chi connectivity index (χ1v) is 7.00. The number of piperidine rings is 1. The molecule has 1 aromatic carbocycles. The van der Waals surface area contributed by atoms with E-state index < -0.39 is 0 Å². The molecule has 94 valence electrons. The molecule has 0 aromatic heterocycles. The summed E-state index contributed by atoms with van der Waals surface area (Å²) in [5.74, 6) is 1.65. The Bertz CT molecular complexity index is 362. The van der Waals surface area contributed by atoms with Crippen LogP contribution >= 0.6 is 11.6 Å². The second-order valence-electron chi connectivity index (χ2n) is 5.47. The molecule has 1 aliphatic rings. The van der Waals surface area contributed by atoms with E-state index in [9.17, 15) is 0 Å². The van der Waals surface area contributed by atoms with Crippen molar-refractivity contribution >= 4 is 11.6 Å². The number of hydrogen-bond acceptors (Lipinski definition) is 1. The molecule has 17 heavy (non-hydrogen) atoms. The van der Waals surface area contributed by atoms with E-state index in [2.05, 4.69) is 30.9 Å². The van der Waals surface area contributed by atoms with Crippen LogP contribution in [-0.4, -0.2) is 18.0 Å². The lowest BCUT2D eigenvalue weighted by molar-refractivity contribution is 0.139. The first-order valence-electron chi connectivity index (χ1n) is 6.62. The third-order valence-corrected chi connectivity index (χ3v) is 4.21. The molecule has 0 radical (unpaired) electrons. The molecular formula is C15H22ClN. The van der Waals surface area contributed by atoms with Gasteiger partial charge in [0.15, 0.2) is 0 Å². The standard InChI is InChI=1S/C15H22ClN/c1-12(2)13-7-5-9-17(10-13)11-14-6-3-4-8-15(14)16/h3-4,6,8,12-13H,5,7,9-11H2,1-2H3/t13-/m1/s1. The molecule has 0 spiro atoms. The van der Waals surface area contributed by atoms with Gasteiger partial charge in [0.2, 0.25) is 0 Å². The van der Waals surface area contributed by atoms with Crippen molar-refractivity contribution in [2.45, 2.75) is 33.2 Å². The van der Waals surface area contributed by atoms with E-state index in [1.807, 2.05) is 12.1 Å². The van der Waals surface area contributed by atoms with Crippen LogP contribution in [-0.2, 0) is 6.54 Å². The summed E-state index contributed by atoms with van der Waals surface area (Å²) in [6.45, 7) is 8.12. The van der Waals surface area contributed by atoms with Crippen LogP contribution in [0.5, 0.6) is 0 Å². The van der Waals surface area contributed by atoms with Crippen molar-refractivity contribution in [2.75, 3.05) is 13.1 Å². The smallest absolute Gasteiger partial charge is 0.0451 e. The maximum Gasteiger partial charge on any atom is 0.0451 e. The minimum atomic E-state index is 0.795. The largest absolute Gasteiger partial charge is 0.299 e. The molecule has 1 heterocycles. The van der Waals surface area contributed by atoms with Gasteiger partial charge >= 0.3 is 0 Å². The lowest BCUT2D eigenvalue weighted by Gasteiger charge is -2.34. The summed E-state index contributed by atoms with van der Waals surface area (Å²) in [5, 5.41) is 0.902. The fraction of sp³-hybridized carbons (Fsp3) is 0.600. The number of halogens is 1. The third kappa shape index (κ3) is 3.46. The average molecular weight is 252 g/mol. The van der Waals surface area contributed by atoms with E-state index in [0.717, 1.165) is 23.4 Å². The van der Waals surface area contributed by atoms with E-state index in [0.29, 0.717) is 0 Å². The van der Waals surface area contributed by atoms with Crippen LogP contribution in [0.1, 0.15) is 32.3 Å². The van der Waals surface area contributed by atoms with Crippen molar-refractivity contribution in [1.29, 1.82) is 0 Å². The summed E-state index contributed by atoms with van der Waals surface area (Å²) in [5.41, 5.74) is 1.26. The summed E-state index contributed by atoms with van der Waals surface area (Å²) in [7, 11) is 0. The predicted octanol–water partition coefficient (Wildman–Crippen LogP) is 4.21. The van der Waals surface area contributed by atoms with Gasteiger partial charge in [-0.1, -0.05) is 43.6 Å². The van der Waals surface area contributed by atoms with Crippen LogP contribution in [0.15, 0.2) is 24.3 Å². The van der Waals surface area contributed by atoms with Crippen LogP contribution < -0.4 is 0 Å². The number of hydrogen-bond donors (Lipinski definition) is 0. The van der Waals surface area contributed by atoms with Gasteiger partial charge in [-0.25, -0.2) is 0 Å². The number of likely N-dealkylation sites (tertiary alicyclic amines) is 1. The highest BCUT2D eigenvalue weighted by Gasteiger charge is 2.22. The molecule has 1 aliphatic heterocycles. The van der Waals surface area contributed by atoms with Crippen molar-refractivity contribution in [3.63, 3.8) is 0 Å². The van der Waals surface area contributed by atoms with Gasteiger partial charge in [-0.05, 0) is 42.9 Å². The highest BCUT2D eigenvalue weighted by atomic mass is 35.5. The van der Waals surface area contributed by atoms with Gasteiger partial charge in [-0.15, -0.1) is 0 Å². The Hall–Kier alpha value is -0.530. The molecule has 1 aromatic rings. The Balaban J connectivity index is 1.97. The van der Waals surface area contributed by atoms with Crippen LogP contribution in [0, 0.1) is 11.8 Å². The molecule has 0 bridgehead atoms. The molecule has 0 amide bonds. The molecule has 1 saturated heterocycles. The second kappa shape index (κ2) is 5.88. The van der Waals surface area contributed by atoms with Crippen molar-refractivity contribution in [2.24, 2.45) is 11.8 Å². The first-order chi connectivity index (χ1) is 8.16. The lowest BCUT2D eigenvalue weighted by atomic mass is 9.88. The van der Waals surface area contributed by atoms with Crippen LogP contribution in [0.25, 0.3) is 0 Å². The van der Waals surface area contributed by atoms with Gasteiger partial charge in [0.1, 0.15) is 0 Å². The van der Waals surface area contributed by atoms with Gasteiger partial charge < -0.3 is 0 Å². The van der Waals surface area contributed by atoms with E-state index in [4.69, 9.17) is 11.6 Å². The van der Waals surface area contributed by atoms with Crippen LogP contribution in [0.3, 0.4) is 0 Å². The summed E-state index contributed by atoms with van der Waals surface area (Å²) in [6, 6.07) is 8.20. The van der Waals surface area contributed by atoms with Crippen LogP contribution in [0.4, 0.5) is 0 Å². The molecule has 1 fully saturated rings. The summed E-state index contributed by atoms with van der Waals surface area (Å²) in [4.78, 5) is 2.55. The lowest BCUT2D eigenvalue weighted by Crippen LogP contribution is -2.36. The second-order valence-corrected chi connectivity index (χ2v) is 5.88. The maximum absolute atomic E-state index is 6.22. The molecule has 0 unspecified atom stereocenters. The monoisotopic (exact) mass is 251 g/mol. The van der Waals surface area contributed by atoms with Crippen molar-refractivity contribution in [1.82, 2.24) is 4.90 Å². The topological polar surface area (TPSA) is 3.24 Å². The molecule has 0 aliphatic carbocycles. The predicted molar refractivity (Wildman–Crippen MR) is 74.3 cm³/mol. The quantitative estimate of drug-likeness (QED) is 0.778. The van der Waals surface area contributed by atoms with Crippen LogP contribution in [0.2, 0.25) is 5.02 Å². The molecule has 2 heteroatoms. The van der Waals surface area contributed by atoms with Gasteiger partial charge in [-0.2, -0.15) is 0 Å². The van der Waals surface area contributed by atoms with Gasteiger partial charge in [0.05, 0.1) is 0 Å². The summed E-state index contributed by atoms with van der Waals surface area (Å²) < 4.78 is 0. The van der Waals surface area contributed by atoms with Gasteiger partial charge in [-0.3, -0.25) is 4.90 Å². The zero-order valence-electron chi connectivity index (χ0n) is 10.8. The zero-order chi connectivity index (χ0) is 12.3. The Kier molecular flexibility index (Phi) is 4.47. The molecular weight excluding hydrogens is 230 g/mol. The number of nitrogens with zero attached hydrogens (tertiary/aromatic N) is 1. The van der Waals surface area contributed by atoms with E-state index in [-0.39, 0.29) is 0 Å². The molecule has 0 saturated carbocycles. The SMILES string of the molecule is CC(C)[C@@H]1CCCN(Cc2ccccc2Cl)C1. The molecule has 1 nitrogen and oxygen atoms in total. The Morgan fingerprint density at radius 3 is 2.82 bits per heavy atom. The Morgan fingerprint density at radius 2 is 2.12 bits per heavy atom. The van der Waals surface area contributed by atoms with Crippen molar-refractivity contribution < 1.29 is 0 Å². The highest BCUT2D eigenvalue weighted by Crippen LogP contribution is 2.26. The van der Waals surface area contributed by atoms with E-state index >= 15 is 0 Å². The van der Waals surface area contributed by atoms with Gasteiger partial charge in [0.25, 0.3) is 0 Å². The fourth-order valence-corrected chi connectivity index (χ4v) is 2.84.